The fraction of sp³-hybridized carbons (Fsp3) is 0.417. The lowest BCUT2D eigenvalue weighted by Gasteiger charge is -2.35. The maximum atomic E-state index is 12.8. The van der Waals surface area contributed by atoms with Gasteiger partial charge in [-0.1, -0.05) is 42.5 Å². The minimum Gasteiger partial charge on any atom is -0.494 e. The number of carbonyl (C=O) groups is 2. The predicted molar refractivity (Wildman–Crippen MR) is 117 cm³/mol. The van der Waals surface area contributed by atoms with Crippen molar-refractivity contribution >= 4 is 11.8 Å². The second-order valence-electron chi connectivity index (χ2n) is 7.61. The molecule has 0 saturated carbocycles. The van der Waals surface area contributed by atoms with E-state index in [1.54, 1.807) is 4.90 Å². The van der Waals surface area contributed by atoms with Gasteiger partial charge in [-0.25, -0.2) is 0 Å². The van der Waals surface area contributed by atoms with E-state index in [-0.39, 0.29) is 18.2 Å². The van der Waals surface area contributed by atoms with Gasteiger partial charge in [0.1, 0.15) is 5.75 Å². The highest BCUT2D eigenvalue weighted by Gasteiger charge is 2.32. The Morgan fingerprint density at radius 1 is 1.13 bits per heavy atom. The standard InChI is InChI=1S/C24H31N3O3/c1-3-30-21-11-9-20(10-12-21)18-27-16-14-25-24(29)22(27)17-23(28)26(2)15-13-19-7-5-4-6-8-19/h4-12,22H,3,13-18H2,1-2H3,(H,25,29). The van der Waals surface area contributed by atoms with Crippen LogP contribution in [-0.4, -0.2) is 60.9 Å². The van der Waals surface area contributed by atoms with Crippen LogP contribution in [0.15, 0.2) is 54.6 Å². The first-order valence-corrected chi connectivity index (χ1v) is 10.6. The van der Waals surface area contributed by atoms with Gasteiger partial charge in [0.15, 0.2) is 0 Å². The molecule has 1 saturated heterocycles. The smallest absolute Gasteiger partial charge is 0.237 e. The van der Waals surface area contributed by atoms with Gasteiger partial charge in [-0.05, 0) is 36.6 Å². The molecule has 1 N–H and O–H groups in total. The molecular weight excluding hydrogens is 378 g/mol. The van der Waals surface area contributed by atoms with E-state index in [2.05, 4.69) is 22.3 Å². The van der Waals surface area contributed by atoms with E-state index in [9.17, 15) is 9.59 Å². The van der Waals surface area contributed by atoms with Gasteiger partial charge >= 0.3 is 0 Å². The van der Waals surface area contributed by atoms with E-state index in [0.717, 1.165) is 24.3 Å². The van der Waals surface area contributed by atoms with Gasteiger partial charge in [-0.3, -0.25) is 14.5 Å². The second kappa shape index (κ2) is 10.8. The minimum atomic E-state index is -0.447. The zero-order chi connectivity index (χ0) is 21.3. The molecule has 0 aliphatic carbocycles. The zero-order valence-corrected chi connectivity index (χ0v) is 17.8. The Morgan fingerprint density at radius 3 is 2.57 bits per heavy atom. The molecule has 0 radical (unpaired) electrons. The van der Waals surface area contributed by atoms with Crippen molar-refractivity contribution in [3.05, 3.63) is 65.7 Å². The Kier molecular flexibility index (Phi) is 7.85. The van der Waals surface area contributed by atoms with Crippen LogP contribution < -0.4 is 10.1 Å². The van der Waals surface area contributed by atoms with Crippen molar-refractivity contribution in [2.45, 2.75) is 32.4 Å². The summed E-state index contributed by atoms with van der Waals surface area (Å²) in [5.74, 6) is 0.756. The van der Waals surface area contributed by atoms with Gasteiger partial charge in [-0.2, -0.15) is 0 Å². The van der Waals surface area contributed by atoms with Crippen LogP contribution >= 0.6 is 0 Å². The Bertz CT molecular complexity index is 823. The number of hydrogen-bond donors (Lipinski definition) is 1. The molecule has 1 atom stereocenters. The monoisotopic (exact) mass is 409 g/mol. The highest BCUT2D eigenvalue weighted by Crippen LogP contribution is 2.18. The molecule has 1 fully saturated rings. The third kappa shape index (κ3) is 6.07. The predicted octanol–water partition coefficient (Wildman–Crippen LogP) is 2.48. The van der Waals surface area contributed by atoms with Gasteiger partial charge in [0, 0.05) is 33.2 Å². The van der Waals surface area contributed by atoms with Crippen molar-refractivity contribution in [3.8, 4) is 5.75 Å². The van der Waals surface area contributed by atoms with E-state index < -0.39 is 6.04 Å². The zero-order valence-electron chi connectivity index (χ0n) is 17.8. The molecule has 0 aromatic heterocycles. The summed E-state index contributed by atoms with van der Waals surface area (Å²) in [7, 11) is 1.81. The molecule has 0 bridgehead atoms. The number of nitrogens with one attached hydrogen (secondary N) is 1. The maximum Gasteiger partial charge on any atom is 0.237 e. The SMILES string of the molecule is CCOc1ccc(CN2CCNC(=O)C2CC(=O)N(C)CCc2ccccc2)cc1. The number of piperazine rings is 1. The first kappa shape index (κ1) is 21.8. The van der Waals surface area contributed by atoms with Crippen molar-refractivity contribution in [2.75, 3.05) is 33.3 Å². The lowest BCUT2D eigenvalue weighted by molar-refractivity contribution is -0.138. The molecule has 160 valence electrons. The van der Waals surface area contributed by atoms with E-state index in [4.69, 9.17) is 4.74 Å². The fourth-order valence-corrected chi connectivity index (χ4v) is 3.65. The van der Waals surface area contributed by atoms with Crippen molar-refractivity contribution in [1.29, 1.82) is 0 Å². The van der Waals surface area contributed by atoms with Gasteiger partial charge in [0.05, 0.1) is 19.1 Å². The maximum absolute atomic E-state index is 12.8. The summed E-state index contributed by atoms with van der Waals surface area (Å²) in [5, 5.41) is 2.90. The average molecular weight is 410 g/mol. The molecule has 2 amide bonds. The van der Waals surface area contributed by atoms with Crippen LogP contribution in [0.2, 0.25) is 0 Å². The molecule has 6 heteroatoms. The molecule has 1 aliphatic heterocycles. The quantitative estimate of drug-likeness (QED) is 0.691. The van der Waals surface area contributed by atoms with E-state index in [0.29, 0.717) is 26.2 Å². The summed E-state index contributed by atoms with van der Waals surface area (Å²) in [4.78, 5) is 29.1. The molecular formula is C24H31N3O3. The third-order valence-corrected chi connectivity index (χ3v) is 5.43. The summed E-state index contributed by atoms with van der Waals surface area (Å²) < 4.78 is 5.49. The number of rotatable bonds is 9. The summed E-state index contributed by atoms with van der Waals surface area (Å²) in [6.45, 7) is 5.18. The van der Waals surface area contributed by atoms with Crippen LogP contribution in [0.25, 0.3) is 0 Å². The van der Waals surface area contributed by atoms with Gasteiger partial charge < -0.3 is 15.0 Å². The largest absolute Gasteiger partial charge is 0.494 e. The van der Waals surface area contributed by atoms with Crippen LogP contribution in [0.1, 0.15) is 24.5 Å². The molecule has 1 aliphatic rings. The summed E-state index contributed by atoms with van der Waals surface area (Å²) in [6.07, 6.45) is 0.990. The van der Waals surface area contributed by atoms with Crippen LogP contribution in [-0.2, 0) is 22.6 Å². The van der Waals surface area contributed by atoms with Crippen LogP contribution in [0.3, 0.4) is 0 Å². The second-order valence-corrected chi connectivity index (χ2v) is 7.61. The van der Waals surface area contributed by atoms with Gasteiger partial charge in [0.2, 0.25) is 11.8 Å². The first-order valence-electron chi connectivity index (χ1n) is 10.6. The lowest BCUT2D eigenvalue weighted by atomic mass is 10.1. The van der Waals surface area contributed by atoms with Crippen molar-refractivity contribution in [3.63, 3.8) is 0 Å². The topological polar surface area (TPSA) is 61.9 Å². The third-order valence-electron chi connectivity index (χ3n) is 5.43. The van der Waals surface area contributed by atoms with E-state index >= 15 is 0 Å². The first-order chi connectivity index (χ1) is 14.6. The molecule has 3 rings (SSSR count). The Labute approximate surface area is 178 Å². The molecule has 30 heavy (non-hydrogen) atoms. The molecule has 6 nitrogen and oxygen atoms in total. The normalized spacial score (nSPS) is 16.7. The average Bonchev–Trinajstić information content (AvgIpc) is 2.76. The van der Waals surface area contributed by atoms with Crippen LogP contribution in [0.5, 0.6) is 5.75 Å². The molecule has 1 heterocycles. The summed E-state index contributed by atoms with van der Waals surface area (Å²) in [5.41, 5.74) is 2.30. The number of carbonyl (C=O) groups excluding carboxylic acids is 2. The van der Waals surface area contributed by atoms with Crippen molar-refractivity contribution < 1.29 is 14.3 Å². The van der Waals surface area contributed by atoms with E-state index in [1.165, 1.54) is 5.56 Å². The highest BCUT2D eigenvalue weighted by atomic mass is 16.5. The van der Waals surface area contributed by atoms with Crippen molar-refractivity contribution in [2.24, 2.45) is 0 Å². The van der Waals surface area contributed by atoms with Crippen molar-refractivity contribution in [1.82, 2.24) is 15.1 Å². The van der Waals surface area contributed by atoms with Crippen LogP contribution in [0, 0.1) is 0 Å². The number of benzene rings is 2. The van der Waals surface area contributed by atoms with Gasteiger partial charge in [-0.15, -0.1) is 0 Å². The fourth-order valence-electron chi connectivity index (χ4n) is 3.65. The molecule has 2 aromatic rings. The number of ether oxygens (including phenoxy) is 1. The van der Waals surface area contributed by atoms with Gasteiger partial charge in [0.25, 0.3) is 0 Å². The lowest BCUT2D eigenvalue weighted by Crippen LogP contribution is -2.56. The molecule has 0 spiro atoms. The number of hydrogen-bond acceptors (Lipinski definition) is 4. The van der Waals surface area contributed by atoms with E-state index in [1.807, 2.05) is 56.4 Å². The number of likely N-dealkylation sites (N-methyl/N-ethyl adjacent to an activating group) is 1. The summed E-state index contributed by atoms with van der Waals surface area (Å²) >= 11 is 0. The minimum absolute atomic E-state index is 0.00956. The van der Waals surface area contributed by atoms with Crippen LogP contribution in [0.4, 0.5) is 0 Å². The Morgan fingerprint density at radius 2 is 1.87 bits per heavy atom. The number of nitrogens with zero attached hydrogens (tertiary/aromatic N) is 2. The molecule has 2 aromatic carbocycles. The molecule has 1 unspecified atom stereocenters. The highest BCUT2D eigenvalue weighted by molar-refractivity contribution is 5.88. The summed E-state index contributed by atoms with van der Waals surface area (Å²) in [6, 6.07) is 17.6. The Balaban J connectivity index is 1.58. The Hall–Kier alpha value is -2.86. The number of amides is 2.